The van der Waals surface area contributed by atoms with Crippen molar-refractivity contribution in [2.24, 2.45) is 17.3 Å². The number of fused-ring (bicyclic) bond motifs is 1. The number of likely N-dealkylation sites (tertiary alicyclic amines) is 1. The molecule has 4 aliphatic rings. The van der Waals surface area contributed by atoms with Crippen LogP contribution in [0.2, 0.25) is 0 Å². The fourth-order valence-corrected chi connectivity index (χ4v) is 5.47. The lowest BCUT2D eigenvalue weighted by molar-refractivity contribution is -0.144. The van der Waals surface area contributed by atoms with Gasteiger partial charge in [-0.3, -0.25) is 4.79 Å². The quantitative estimate of drug-likeness (QED) is 0.772. The van der Waals surface area contributed by atoms with Gasteiger partial charge in [-0.1, -0.05) is 0 Å². The van der Waals surface area contributed by atoms with Crippen LogP contribution in [0.25, 0.3) is 0 Å². The van der Waals surface area contributed by atoms with Crippen LogP contribution in [0.3, 0.4) is 0 Å². The summed E-state index contributed by atoms with van der Waals surface area (Å²) in [5, 5.41) is 0. The smallest absolute Gasteiger partial charge is 0.225 e. The Hall–Kier alpha value is -0.260. The lowest BCUT2D eigenvalue weighted by Crippen LogP contribution is -2.55. The predicted molar refractivity (Wildman–Crippen MR) is 91.6 cm³/mol. The monoisotopic (exact) mass is 339 g/mol. The van der Waals surface area contributed by atoms with Crippen LogP contribution in [0, 0.1) is 17.3 Å². The van der Waals surface area contributed by atoms with Gasteiger partial charge in [-0.2, -0.15) is 11.8 Å². The first-order valence-corrected chi connectivity index (χ1v) is 10.5. The third-order valence-corrected chi connectivity index (χ3v) is 7.14. The minimum atomic E-state index is 0.0617. The molecular formula is C18H29NO3S. The number of carbonyl (C=O) groups excluding carboxylic acids is 1. The van der Waals surface area contributed by atoms with E-state index in [1.165, 1.54) is 12.8 Å². The molecule has 3 heterocycles. The zero-order valence-corrected chi connectivity index (χ0v) is 14.8. The normalized spacial score (nSPS) is 35.3. The molecule has 2 atom stereocenters. The molecule has 1 aliphatic carbocycles. The van der Waals surface area contributed by atoms with E-state index >= 15 is 0 Å². The van der Waals surface area contributed by atoms with Crippen LogP contribution in [0.5, 0.6) is 0 Å². The molecule has 0 aromatic carbocycles. The van der Waals surface area contributed by atoms with Crippen molar-refractivity contribution in [1.29, 1.82) is 0 Å². The van der Waals surface area contributed by atoms with Crippen LogP contribution in [0.15, 0.2) is 0 Å². The highest BCUT2D eigenvalue weighted by Crippen LogP contribution is 2.42. The highest BCUT2D eigenvalue weighted by molar-refractivity contribution is 7.99. The van der Waals surface area contributed by atoms with Crippen molar-refractivity contribution in [3.63, 3.8) is 0 Å². The molecule has 5 heteroatoms. The average molecular weight is 340 g/mol. The summed E-state index contributed by atoms with van der Waals surface area (Å²) in [6, 6.07) is 0. The largest absolute Gasteiger partial charge is 0.380 e. The number of piperidine rings is 1. The molecule has 4 nitrogen and oxygen atoms in total. The molecule has 0 spiro atoms. The third kappa shape index (κ3) is 3.57. The minimum absolute atomic E-state index is 0.0617. The van der Waals surface area contributed by atoms with Crippen molar-refractivity contribution < 1.29 is 14.3 Å². The molecule has 23 heavy (non-hydrogen) atoms. The van der Waals surface area contributed by atoms with Gasteiger partial charge in [0.1, 0.15) is 0 Å². The molecule has 3 aliphatic heterocycles. The van der Waals surface area contributed by atoms with E-state index in [4.69, 9.17) is 9.47 Å². The van der Waals surface area contributed by atoms with Gasteiger partial charge in [0.2, 0.25) is 5.91 Å². The Morgan fingerprint density at radius 2 is 2.04 bits per heavy atom. The zero-order chi connectivity index (χ0) is 15.7. The Labute approximate surface area is 143 Å². The summed E-state index contributed by atoms with van der Waals surface area (Å²) in [5.41, 5.74) is 0.0617. The fourth-order valence-electron chi connectivity index (χ4n) is 4.36. The molecule has 1 saturated carbocycles. The second kappa shape index (κ2) is 6.93. The topological polar surface area (TPSA) is 38.8 Å². The Kier molecular flexibility index (Phi) is 4.89. The third-order valence-electron chi connectivity index (χ3n) is 6.09. The number of carbonyl (C=O) groups is 1. The molecule has 4 fully saturated rings. The van der Waals surface area contributed by atoms with Crippen molar-refractivity contribution in [3.8, 4) is 0 Å². The molecule has 0 aromatic heterocycles. The lowest BCUT2D eigenvalue weighted by Gasteiger charge is -2.44. The maximum Gasteiger partial charge on any atom is 0.225 e. The maximum absolute atomic E-state index is 12.9. The Balaban J connectivity index is 1.38. The number of thioether (sulfide) groups is 1. The Bertz CT molecular complexity index is 436. The minimum Gasteiger partial charge on any atom is -0.380 e. The van der Waals surface area contributed by atoms with Crippen LogP contribution >= 0.6 is 11.8 Å². The average Bonchev–Trinajstić information content (AvgIpc) is 3.32. The highest BCUT2D eigenvalue weighted by atomic mass is 32.2. The van der Waals surface area contributed by atoms with Gasteiger partial charge >= 0.3 is 0 Å². The molecule has 130 valence electrons. The van der Waals surface area contributed by atoms with Gasteiger partial charge < -0.3 is 14.4 Å². The first-order valence-electron chi connectivity index (χ1n) is 9.33. The zero-order valence-electron chi connectivity index (χ0n) is 14.0. The number of hydrogen-bond acceptors (Lipinski definition) is 4. The number of amides is 1. The molecule has 0 aromatic rings. The van der Waals surface area contributed by atoms with Gasteiger partial charge in [0.05, 0.1) is 12.7 Å². The van der Waals surface area contributed by atoms with Gasteiger partial charge in [-0.25, -0.2) is 0 Å². The molecule has 0 bridgehead atoms. The van der Waals surface area contributed by atoms with E-state index in [9.17, 15) is 4.79 Å². The van der Waals surface area contributed by atoms with Crippen LogP contribution in [0.1, 0.15) is 38.5 Å². The van der Waals surface area contributed by atoms with Crippen LogP contribution in [0.4, 0.5) is 0 Å². The van der Waals surface area contributed by atoms with Crippen molar-refractivity contribution in [2.75, 3.05) is 44.4 Å². The molecule has 0 unspecified atom stereocenters. The van der Waals surface area contributed by atoms with Crippen LogP contribution < -0.4 is 0 Å². The highest BCUT2D eigenvalue weighted by Gasteiger charge is 2.49. The first-order chi connectivity index (χ1) is 11.3. The Morgan fingerprint density at radius 3 is 2.83 bits per heavy atom. The number of nitrogens with zero attached hydrogens (tertiary/aromatic N) is 1. The van der Waals surface area contributed by atoms with E-state index in [2.05, 4.69) is 4.90 Å². The van der Waals surface area contributed by atoms with E-state index in [1.54, 1.807) is 0 Å². The van der Waals surface area contributed by atoms with Crippen LogP contribution in [-0.2, 0) is 14.3 Å². The summed E-state index contributed by atoms with van der Waals surface area (Å²) in [4.78, 5) is 15.1. The Morgan fingerprint density at radius 1 is 1.22 bits per heavy atom. The summed E-state index contributed by atoms with van der Waals surface area (Å²) in [6.45, 7) is 4.24. The van der Waals surface area contributed by atoms with Gasteiger partial charge in [-0.05, 0) is 55.9 Å². The first kappa shape index (κ1) is 16.2. The molecular weight excluding hydrogens is 310 g/mol. The van der Waals surface area contributed by atoms with Gasteiger partial charge in [0.15, 0.2) is 0 Å². The molecule has 1 amide bonds. The van der Waals surface area contributed by atoms with E-state index in [-0.39, 0.29) is 11.3 Å². The van der Waals surface area contributed by atoms with Gasteiger partial charge in [0.25, 0.3) is 0 Å². The summed E-state index contributed by atoms with van der Waals surface area (Å²) in [5.74, 6) is 3.75. The summed E-state index contributed by atoms with van der Waals surface area (Å²) >= 11 is 1.99. The second-order valence-corrected chi connectivity index (χ2v) is 9.09. The van der Waals surface area contributed by atoms with Gasteiger partial charge in [-0.15, -0.1) is 0 Å². The fraction of sp³-hybridized carbons (Fsp3) is 0.944. The van der Waals surface area contributed by atoms with Crippen molar-refractivity contribution in [1.82, 2.24) is 4.90 Å². The number of hydrogen-bond donors (Lipinski definition) is 0. The van der Waals surface area contributed by atoms with Crippen molar-refractivity contribution in [2.45, 2.75) is 44.6 Å². The molecule has 0 N–H and O–H groups in total. The molecule has 3 saturated heterocycles. The van der Waals surface area contributed by atoms with Crippen LogP contribution in [-0.4, -0.2) is 61.3 Å². The van der Waals surface area contributed by atoms with E-state index in [0.29, 0.717) is 12.0 Å². The molecule has 4 rings (SSSR count). The van der Waals surface area contributed by atoms with E-state index in [1.807, 2.05) is 11.8 Å². The van der Waals surface area contributed by atoms with E-state index < -0.39 is 0 Å². The number of rotatable bonds is 5. The SMILES string of the molecule is O=C(C1CCSCC1)N1CC[C@@H]2OCC[C@]2(COCC2CC2)C1. The summed E-state index contributed by atoms with van der Waals surface area (Å²) < 4.78 is 12.0. The second-order valence-electron chi connectivity index (χ2n) is 7.87. The van der Waals surface area contributed by atoms with Gasteiger partial charge in [0, 0.05) is 37.6 Å². The van der Waals surface area contributed by atoms with Crippen molar-refractivity contribution >= 4 is 17.7 Å². The summed E-state index contributed by atoms with van der Waals surface area (Å²) in [6.07, 6.45) is 7.12. The predicted octanol–water partition coefficient (Wildman–Crippen LogP) is 2.56. The summed E-state index contributed by atoms with van der Waals surface area (Å²) in [7, 11) is 0. The maximum atomic E-state index is 12.9. The lowest BCUT2D eigenvalue weighted by atomic mass is 9.77. The molecule has 0 radical (unpaired) electrons. The van der Waals surface area contributed by atoms with E-state index in [0.717, 1.165) is 76.0 Å². The standard InChI is InChI=1S/C18H29NO3S/c20-17(15-4-9-23-10-5-15)19-7-3-16-18(12-19,6-8-22-16)13-21-11-14-1-2-14/h14-16H,1-13H2/t16-,18+/m0/s1. The number of ether oxygens (including phenoxy) is 2. The van der Waals surface area contributed by atoms with Crippen molar-refractivity contribution in [3.05, 3.63) is 0 Å².